The van der Waals surface area contributed by atoms with Crippen LogP contribution in [0.15, 0.2) is 119 Å². The summed E-state index contributed by atoms with van der Waals surface area (Å²) in [5.41, 5.74) is 4.16. The Morgan fingerprint density at radius 1 is 0.625 bits per heavy atom. The maximum atomic E-state index is 10.4. The van der Waals surface area contributed by atoms with E-state index in [0.717, 1.165) is 32.4 Å². The summed E-state index contributed by atoms with van der Waals surface area (Å²) in [6.07, 6.45) is 1.79. The minimum atomic E-state index is 0.156. The minimum Gasteiger partial charge on any atom is -0.507 e. The molecule has 1 N–H and O–H groups in total. The van der Waals surface area contributed by atoms with E-state index in [1.807, 2.05) is 78.9 Å². The zero-order valence-corrected chi connectivity index (χ0v) is 17.9. The number of aromatic hydroxyl groups is 1. The Labute approximate surface area is 190 Å². The van der Waals surface area contributed by atoms with E-state index in [9.17, 15) is 5.11 Å². The van der Waals surface area contributed by atoms with E-state index in [0.29, 0.717) is 11.4 Å². The number of phenols is 1. The molecule has 0 spiro atoms. The molecule has 5 aromatic rings. The normalized spacial score (nSPS) is 10.8. The van der Waals surface area contributed by atoms with Crippen LogP contribution in [0.2, 0.25) is 0 Å². The van der Waals surface area contributed by atoms with Gasteiger partial charge in [-0.1, -0.05) is 72.4 Å². The van der Waals surface area contributed by atoms with Gasteiger partial charge in [0, 0.05) is 22.2 Å². The molecule has 0 aliphatic heterocycles. The van der Waals surface area contributed by atoms with E-state index < -0.39 is 0 Å². The van der Waals surface area contributed by atoms with Crippen molar-refractivity contribution in [1.82, 2.24) is 15.0 Å². The maximum absolute atomic E-state index is 10.4. The number of benzene rings is 3. The highest BCUT2D eigenvalue weighted by Crippen LogP contribution is 2.33. The highest BCUT2D eigenvalue weighted by Gasteiger charge is 2.13. The average Bonchev–Trinajstić information content (AvgIpc) is 2.85. The summed E-state index contributed by atoms with van der Waals surface area (Å²) in [6, 6.07) is 33.2. The van der Waals surface area contributed by atoms with E-state index in [-0.39, 0.29) is 5.75 Å². The minimum absolute atomic E-state index is 0.156. The number of hydrogen-bond acceptors (Lipinski definition) is 5. The van der Waals surface area contributed by atoms with Crippen LogP contribution in [0.5, 0.6) is 5.75 Å². The van der Waals surface area contributed by atoms with E-state index in [1.165, 1.54) is 0 Å². The molecular formula is C27H19N3OS. The molecule has 0 atom stereocenters. The lowest BCUT2D eigenvalue weighted by atomic mass is 10.1. The number of phenolic OH excluding ortho intramolecular Hbond substituents is 1. The Balaban J connectivity index is 1.61. The quantitative estimate of drug-likeness (QED) is 0.333. The van der Waals surface area contributed by atoms with Crippen LogP contribution in [0.4, 0.5) is 0 Å². The zero-order chi connectivity index (χ0) is 21.8. The van der Waals surface area contributed by atoms with Gasteiger partial charge in [-0.25, -0.2) is 15.0 Å². The molecule has 0 saturated heterocycles. The molecule has 2 heterocycles. The van der Waals surface area contributed by atoms with Gasteiger partial charge in [-0.2, -0.15) is 0 Å². The lowest BCUT2D eigenvalue weighted by Crippen LogP contribution is -1.96. The fourth-order valence-electron chi connectivity index (χ4n) is 3.38. The molecule has 0 aliphatic rings. The second-order valence-corrected chi connectivity index (χ2v) is 8.24. The van der Waals surface area contributed by atoms with E-state index in [4.69, 9.17) is 9.97 Å². The summed E-state index contributed by atoms with van der Waals surface area (Å²) < 4.78 is 0. The first-order chi connectivity index (χ1) is 15.8. The molecule has 154 valence electrons. The van der Waals surface area contributed by atoms with Gasteiger partial charge in [0.15, 0.2) is 5.82 Å². The van der Waals surface area contributed by atoms with E-state index in [2.05, 4.69) is 17.1 Å². The van der Waals surface area contributed by atoms with Crippen molar-refractivity contribution in [1.29, 1.82) is 0 Å². The highest BCUT2D eigenvalue weighted by molar-refractivity contribution is 7.99. The number of aromatic nitrogens is 3. The summed E-state index contributed by atoms with van der Waals surface area (Å²) in [7, 11) is 0. The van der Waals surface area contributed by atoms with E-state index in [1.54, 1.807) is 30.1 Å². The van der Waals surface area contributed by atoms with Crippen LogP contribution in [-0.4, -0.2) is 20.1 Å². The first-order valence-electron chi connectivity index (χ1n) is 10.2. The summed E-state index contributed by atoms with van der Waals surface area (Å²) in [5, 5.41) is 11.3. The summed E-state index contributed by atoms with van der Waals surface area (Å²) >= 11 is 1.61. The van der Waals surface area contributed by atoms with Gasteiger partial charge in [0.2, 0.25) is 0 Å². The van der Waals surface area contributed by atoms with Crippen LogP contribution in [0.1, 0.15) is 0 Å². The van der Waals surface area contributed by atoms with Crippen LogP contribution in [0, 0.1) is 0 Å². The van der Waals surface area contributed by atoms with Crippen LogP contribution < -0.4 is 0 Å². The van der Waals surface area contributed by atoms with Crippen molar-refractivity contribution in [3.63, 3.8) is 0 Å². The molecular weight excluding hydrogens is 414 g/mol. The van der Waals surface area contributed by atoms with Crippen molar-refractivity contribution in [3.8, 4) is 39.7 Å². The number of para-hydroxylation sites is 1. The maximum Gasteiger partial charge on any atom is 0.164 e. The molecule has 3 aromatic carbocycles. The van der Waals surface area contributed by atoms with Crippen molar-refractivity contribution in [2.24, 2.45) is 0 Å². The summed E-state index contributed by atoms with van der Waals surface area (Å²) in [4.78, 5) is 15.1. The predicted octanol–water partition coefficient (Wildman–Crippen LogP) is 6.73. The lowest BCUT2D eigenvalue weighted by Gasteiger charge is -2.11. The average molecular weight is 434 g/mol. The van der Waals surface area contributed by atoms with Gasteiger partial charge in [-0.15, -0.1) is 0 Å². The molecule has 5 heteroatoms. The zero-order valence-electron chi connectivity index (χ0n) is 17.1. The topological polar surface area (TPSA) is 58.9 Å². The molecule has 5 rings (SSSR count). The molecule has 4 nitrogen and oxygen atoms in total. The molecule has 0 aliphatic carbocycles. The highest BCUT2D eigenvalue weighted by atomic mass is 32.2. The Bertz CT molecular complexity index is 1360. The van der Waals surface area contributed by atoms with Gasteiger partial charge >= 0.3 is 0 Å². The molecule has 0 bridgehead atoms. The third-order valence-electron chi connectivity index (χ3n) is 4.93. The summed E-state index contributed by atoms with van der Waals surface area (Å²) in [5.74, 6) is 0.644. The Kier molecular flexibility index (Phi) is 5.64. The second-order valence-electron chi connectivity index (χ2n) is 7.14. The summed E-state index contributed by atoms with van der Waals surface area (Å²) in [6.45, 7) is 0. The van der Waals surface area contributed by atoms with Gasteiger partial charge in [-0.3, -0.25) is 0 Å². The largest absolute Gasteiger partial charge is 0.507 e. The van der Waals surface area contributed by atoms with Gasteiger partial charge in [-0.05, 0) is 42.5 Å². The van der Waals surface area contributed by atoms with Crippen molar-refractivity contribution in [3.05, 3.63) is 109 Å². The van der Waals surface area contributed by atoms with Gasteiger partial charge in [0.05, 0.1) is 17.0 Å². The standard InChI is InChI=1S/C27H19N3OS/c31-25-14-5-4-13-22(25)27-29-23(19-9-2-1-3-10-19)18-24(30-27)20-11-8-12-21(17-20)32-26-15-6-7-16-28-26/h1-18,31H. The van der Waals surface area contributed by atoms with Gasteiger partial charge in [0.1, 0.15) is 10.8 Å². The van der Waals surface area contributed by atoms with Crippen molar-refractivity contribution < 1.29 is 5.11 Å². The van der Waals surface area contributed by atoms with Crippen LogP contribution >= 0.6 is 11.8 Å². The monoisotopic (exact) mass is 433 g/mol. The molecule has 0 radical (unpaired) electrons. The van der Waals surface area contributed by atoms with Crippen LogP contribution in [-0.2, 0) is 0 Å². The van der Waals surface area contributed by atoms with Crippen molar-refractivity contribution in [2.45, 2.75) is 9.92 Å². The molecule has 0 amide bonds. The number of pyridine rings is 1. The van der Waals surface area contributed by atoms with Crippen molar-refractivity contribution in [2.75, 3.05) is 0 Å². The molecule has 2 aromatic heterocycles. The van der Waals surface area contributed by atoms with Gasteiger partial charge < -0.3 is 5.11 Å². The predicted molar refractivity (Wildman–Crippen MR) is 128 cm³/mol. The third kappa shape index (κ3) is 4.38. The molecule has 0 fully saturated rings. The first-order valence-corrected chi connectivity index (χ1v) is 11.0. The van der Waals surface area contributed by atoms with Crippen LogP contribution in [0.3, 0.4) is 0 Å². The number of hydrogen-bond donors (Lipinski definition) is 1. The van der Waals surface area contributed by atoms with E-state index >= 15 is 0 Å². The van der Waals surface area contributed by atoms with Crippen molar-refractivity contribution >= 4 is 11.8 Å². The Hall–Kier alpha value is -3.96. The molecule has 0 saturated carbocycles. The third-order valence-corrected chi connectivity index (χ3v) is 5.87. The smallest absolute Gasteiger partial charge is 0.164 e. The fourth-order valence-corrected chi connectivity index (χ4v) is 4.22. The van der Waals surface area contributed by atoms with Gasteiger partial charge in [0.25, 0.3) is 0 Å². The fraction of sp³-hybridized carbons (Fsp3) is 0. The second kappa shape index (κ2) is 9.04. The Morgan fingerprint density at radius 2 is 1.34 bits per heavy atom. The first kappa shape index (κ1) is 20.0. The molecule has 0 unspecified atom stereocenters. The Morgan fingerprint density at radius 3 is 2.12 bits per heavy atom. The number of rotatable bonds is 5. The lowest BCUT2D eigenvalue weighted by molar-refractivity contribution is 0.477. The van der Waals surface area contributed by atoms with Crippen LogP contribution in [0.25, 0.3) is 33.9 Å². The number of nitrogens with zero attached hydrogens (tertiary/aromatic N) is 3. The SMILES string of the molecule is Oc1ccccc1-c1nc(-c2ccccc2)cc(-c2cccc(Sc3ccccn3)c2)n1. The molecule has 32 heavy (non-hydrogen) atoms.